The van der Waals surface area contributed by atoms with Crippen LogP contribution in [0, 0.1) is 5.92 Å². The highest BCUT2D eigenvalue weighted by Gasteiger charge is 2.19. The maximum absolute atomic E-state index is 11.6. The molecule has 0 aromatic carbocycles. The molecule has 0 radical (unpaired) electrons. The second kappa shape index (κ2) is 11.7. The van der Waals surface area contributed by atoms with Crippen LogP contribution in [0.4, 0.5) is 4.79 Å². The largest absolute Gasteiger partial charge is 0.356 e. The summed E-state index contributed by atoms with van der Waals surface area (Å²) in [6, 6.07) is 0. The van der Waals surface area contributed by atoms with Crippen molar-refractivity contribution < 1.29 is 9.59 Å². The minimum Gasteiger partial charge on any atom is -0.356 e. The van der Waals surface area contributed by atoms with Gasteiger partial charge >= 0.3 is 0 Å². The molecule has 0 aromatic rings. The molecule has 0 saturated carbocycles. The van der Waals surface area contributed by atoms with E-state index in [1.54, 1.807) is 0 Å². The van der Waals surface area contributed by atoms with E-state index in [0.29, 0.717) is 12.3 Å². The van der Waals surface area contributed by atoms with E-state index < -0.39 is 0 Å². The van der Waals surface area contributed by atoms with Gasteiger partial charge in [-0.25, -0.2) is 0 Å². The van der Waals surface area contributed by atoms with Crippen molar-refractivity contribution in [2.45, 2.75) is 46.0 Å². The number of hydrogen-bond acceptors (Lipinski definition) is 4. The number of nitrogens with one attached hydrogen (secondary N) is 1. The maximum atomic E-state index is 11.6. The Balaban J connectivity index is 1.94. The quantitative estimate of drug-likeness (QED) is 0.654. The van der Waals surface area contributed by atoms with Crippen molar-refractivity contribution in [1.82, 2.24) is 15.1 Å². The molecule has 1 rings (SSSR count). The Labute approximate surface area is 145 Å². The molecule has 134 valence electrons. The lowest BCUT2D eigenvalue weighted by Gasteiger charge is -2.34. The van der Waals surface area contributed by atoms with Crippen LogP contribution in [-0.2, 0) is 4.79 Å². The number of amides is 2. The first-order valence-electron chi connectivity index (χ1n) is 8.85. The van der Waals surface area contributed by atoms with Gasteiger partial charge in [-0.1, -0.05) is 38.5 Å². The average Bonchev–Trinajstić information content (AvgIpc) is 2.53. The van der Waals surface area contributed by atoms with Crippen LogP contribution in [0.5, 0.6) is 0 Å². The number of thioether (sulfide) groups is 1. The molecule has 0 aliphatic carbocycles. The van der Waals surface area contributed by atoms with E-state index in [-0.39, 0.29) is 11.1 Å². The molecular weight excluding hydrogens is 310 g/mol. The zero-order valence-corrected chi connectivity index (χ0v) is 15.8. The Bertz CT molecular complexity index is 356. The van der Waals surface area contributed by atoms with Gasteiger partial charge in [0.1, 0.15) is 0 Å². The molecule has 0 aromatic heterocycles. The normalized spacial score (nSPS) is 15.9. The summed E-state index contributed by atoms with van der Waals surface area (Å²) < 4.78 is 0. The van der Waals surface area contributed by atoms with Gasteiger partial charge in [-0.15, -0.1) is 0 Å². The third-order valence-electron chi connectivity index (χ3n) is 4.12. The van der Waals surface area contributed by atoms with Gasteiger partial charge < -0.3 is 10.2 Å². The number of hydrogen-bond donors (Lipinski definition) is 1. The second-order valence-electron chi connectivity index (χ2n) is 6.66. The highest BCUT2D eigenvalue weighted by Crippen LogP contribution is 2.10. The summed E-state index contributed by atoms with van der Waals surface area (Å²) in [4.78, 5) is 27.5. The third-order valence-corrected chi connectivity index (χ3v) is 4.73. The van der Waals surface area contributed by atoms with E-state index in [1.807, 2.05) is 11.2 Å². The fourth-order valence-electron chi connectivity index (χ4n) is 2.77. The van der Waals surface area contributed by atoms with E-state index in [0.717, 1.165) is 45.7 Å². The number of piperazine rings is 1. The van der Waals surface area contributed by atoms with Crippen molar-refractivity contribution in [3.05, 3.63) is 0 Å². The standard InChI is InChI=1S/C17H33N3O2S/c1-15(2)14-16(21)18-8-6-4-5-7-9-19-10-12-20(13-11-19)17(22)23-3/h15H,4-14H2,1-3H3,(H,18,21). The lowest BCUT2D eigenvalue weighted by atomic mass is 10.1. The van der Waals surface area contributed by atoms with Crippen molar-refractivity contribution in [3.63, 3.8) is 0 Å². The maximum Gasteiger partial charge on any atom is 0.281 e. The summed E-state index contributed by atoms with van der Waals surface area (Å²) in [6.45, 7) is 9.78. The van der Waals surface area contributed by atoms with E-state index in [4.69, 9.17) is 0 Å². The Hall–Kier alpha value is -0.750. The van der Waals surface area contributed by atoms with Crippen LogP contribution in [0.2, 0.25) is 0 Å². The molecule has 2 amide bonds. The molecule has 23 heavy (non-hydrogen) atoms. The molecule has 0 unspecified atom stereocenters. The van der Waals surface area contributed by atoms with E-state index in [1.165, 1.54) is 31.0 Å². The van der Waals surface area contributed by atoms with Gasteiger partial charge in [-0.3, -0.25) is 14.5 Å². The van der Waals surface area contributed by atoms with Crippen LogP contribution in [-0.4, -0.2) is 66.5 Å². The van der Waals surface area contributed by atoms with Crippen LogP contribution < -0.4 is 5.32 Å². The van der Waals surface area contributed by atoms with Gasteiger partial charge in [-0.05, 0) is 31.6 Å². The lowest BCUT2D eigenvalue weighted by Crippen LogP contribution is -2.47. The number of unbranched alkanes of at least 4 members (excludes halogenated alkanes) is 3. The summed E-state index contributed by atoms with van der Waals surface area (Å²) in [5.41, 5.74) is 0. The summed E-state index contributed by atoms with van der Waals surface area (Å²) in [6.07, 6.45) is 7.14. The SMILES string of the molecule is CSC(=O)N1CCN(CCCCCCNC(=O)CC(C)C)CC1. The zero-order chi connectivity index (χ0) is 17.1. The topological polar surface area (TPSA) is 52.7 Å². The molecule has 0 atom stereocenters. The average molecular weight is 344 g/mol. The van der Waals surface area contributed by atoms with Gasteiger partial charge in [0, 0.05) is 39.1 Å². The first kappa shape index (κ1) is 20.3. The molecule has 1 aliphatic heterocycles. The number of carbonyl (C=O) groups excluding carboxylic acids is 2. The fourth-order valence-corrected chi connectivity index (χ4v) is 3.21. The van der Waals surface area contributed by atoms with Gasteiger partial charge in [0.15, 0.2) is 0 Å². The van der Waals surface area contributed by atoms with Crippen LogP contribution in [0.1, 0.15) is 46.0 Å². The van der Waals surface area contributed by atoms with Gasteiger partial charge in [0.25, 0.3) is 5.24 Å². The van der Waals surface area contributed by atoms with Crippen molar-refractivity contribution in [3.8, 4) is 0 Å². The van der Waals surface area contributed by atoms with Crippen molar-refractivity contribution in [2.75, 3.05) is 45.5 Å². The van der Waals surface area contributed by atoms with Crippen LogP contribution in [0.3, 0.4) is 0 Å². The highest BCUT2D eigenvalue weighted by molar-refractivity contribution is 8.12. The molecule has 1 aliphatic rings. The van der Waals surface area contributed by atoms with Crippen LogP contribution >= 0.6 is 11.8 Å². The number of carbonyl (C=O) groups is 2. The molecule has 0 spiro atoms. The number of rotatable bonds is 9. The molecular formula is C17H33N3O2S. The monoisotopic (exact) mass is 343 g/mol. The van der Waals surface area contributed by atoms with Gasteiger partial charge in [-0.2, -0.15) is 0 Å². The molecule has 6 heteroatoms. The smallest absolute Gasteiger partial charge is 0.281 e. The van der Waals surface area contributed by atoms with Crippen molar-refractivity contribution in [1.29, 1.82) is 0 Å². The number of nitrogens with zero attached hydrogens (tertiary/aromatic N) is 2. The highest BCUT2D eigenvalue weighted by atomic mass is 32.2. The molecule has 0 bridgehead atoms. The Morgan fingerprint density at radius 3 is 2.30 bits per heavy atom. The fraction of sp³-hybridized carbons (Fsp3) is 0.882. The van der Waals surface area contributed by atoms with Gasteiger partial charge in [0.05, 0.1) is 0 Å². The lowest BCUT2D eigenvalue weighted by molar-refractivity contribution is -0.121. The third kappa shape index (κ3) is 9.20. The summed E-state index contributed by atoms with van der Waals surface area (Å²) in [5.74, 6) is 0.611. The summed E-state index contributed by atoms with van der Waals surface area (Å²) in [5, 5.41) is 3.18. The zero-order valence-electron chi connectivity index (χ0n) is 15.0. The van der Waals surface area contributed by atoms with E-state index >= 15 is 0 Å². The van der Waals surface area contributed by atoms with Gasteiger partial charge in [0.2, 0.25) is 5.91 Å². The molecule has 5 nitrogen and oxygen atoms in total. The first-order valence-corrected chi connectivity index (χ1v) is 10.1. The Kier molecular flexibility index (Phi) is 10.4. The van der Waals surface area contributed by atoms with E-state index in [2.05, 4.69) is 24.1 Å². The predicted molar refractivity (Wildman–Crippen MR) is 97.9 cm³/mol. The molecule has 1 saturated heterocycles. The van der Waals surface area contributed by atoms with E-state index in [9.17, 15) is 9.59 Å². The van der Waals surface area contributed by atoms with Crippen molar-refractivity contribution >= 4 is 22.9 Å². The Morgan fingerprint density at radius 1 is 1.04 bits per heavy atom. The summed E-state index contributed by atoms with van der Waals surface area (Å²) in [7, 11) is 0. The minimum absolute atomic E-state index is 0.178. The molecule has 1 N–H and O–H groups in total. The Morgan fingerprint density at radius 2 is 1.70 bits per heavy atom. The first-order chi connectivity index (χ1) is 11.0. The summed E-state index contributed by atoms with van der Waals surface area (Å²) >= 11 is 1.31. The molecule has 1 fully saturated rings. The second-order valence-corrected chi connectivity index (χ2v) is 7.42. The van der Waals surface area contributed by atoms with Crippen LogP contribution in [0.15, 0.2) is 0 Å². The van der Waals surface area contributed by atoms with Crippen LogP contribution in [0.25, 0.3) is 0 Å². The van der Waals surface area contributed by atoms with Crippen molar-refractivity contribution in [2.24, 2.45) is 5.92 Å². The molecule has 1 heterocycles. The minimum atomic E-state index is 0.178. The predicted octanol–water partition coefficient (Wildman–Crippen LogP) is 2.81.